The molecule has 0 spiro atoms. The lowest BCUT2D eigenvalue weighted by molar-refractivity contribution is 0.102. The molecule has 1 N–H and O–H groups in total. The second kappa shape index (κ2) is 6.43. The van der Waals surface area contributed by atoms with E-state index in [1.54, 1.807) is 0 Å². The third-order valence-corrected chi connectivity index (χ3v) is 4.90. The number of hydrogen-bond donors (Lipinski definition) is 1. The van der Waals surface area contributed by atoms with Crippen LogP contribution in [-0.4, -0.2) is 32.7 Å². The number of sulfonamides is 1. The molecule has 23 heavy (non-hydrogen) atoms. The summed E-state index contributed by atoms with van der Waals surface area (Å²) >= 11 is 0. The van der Waals surface area contributed by atoms with Crippen molar-refractivity contribution in [3.05, 3.63) is 59.7 Å². The lowest BCUT2D eigenvalue weighted by Gasteiger charge is -2.12. The van der Waals surface area contributed by atoms with Crippen molar-refractivity contribution in [1.82, 2.24) is 4.31 Å². The molecule has 0 aliphatic carbocycles. The Balaban J connectivity index is 2.20. The van der Waals surface area contributed by atoms with E-state index in [1.165, 1.54) is 38.4 Å². The minimum atomic E-state index is -3.57. The van der Waals surface area contributed by atoms with Crippen molar-refractivity contribution in [3.63, 3.8) is 0 Å². The molecule has 0 unspecified atom stereocenters. The smallest absolute Gasteiger partial charge is 0.258 e. The van der Waals surface area contributed by atoms with E-state index >= 15 is 0 Å². The van der Waals surface area contributed by atoms with Crippen LogP contribution in [0.1, 0.15) is 10.4 Å². The highest BCUT2D eigenvalue weighted by Crippen LogP contribution is 2.18. The lowest BCUT2D eigenvalue weighted by atomic mass is 10.2. The topological polar surface area (TPSA) is 66.5 Å². The molecule has 0 atom stereocenters. The summed E-state index contributed by atoms with van der Waals surface area (Å²) in [4.78, 5) is 12.0. The molecule has 0 bridgehead atoms. The number of anilines is 1. The minimum Gasteiger partial charge on any atom is -0.322 e. The van der Waals surface area contributed by atoms with Crippen LogP contribution in [0.2, 0.25) is 0 Å². The van der Waals surface area contributed by atoms with Gasteiger partial charge in [-0.3, -0.25) is 4.79 Å². The lowest BCUT2D eigenvalue weighted by Crippen LogP contribution is -2.22. The average molecular weight is 340 g/mol. The molecule has 0 saturated carbocycles. The van der Waals surface area contributed by atoms with Gasteiger partial charge in [-0.25, -0.2) is 21.5 Å². The normalized spacial score (nSPS) is 11.5. The molecule has 0 aliphatic heterocycles. The highest BCUT2D eigenvalue weighted by atomic mass is 32.2. The van der Waals surface area contributed by atoms with Gasteiger partial charge in [-0.1, -0.05) is 0 Å². The van der Waals surface area contributed by atoms with Gasteiger partial charge in [0.2, 0.25) is 10.0 Å². The summed E-state index contributed by atoms with van der Waals surface area (Å²) in [6, 6.07) is 8.04. The molecule has 8 heteroatoms. The molecule has 5 nitrogen and oxygen atoms in total. The number of hydrogen-bond acceptors (Lipinski definition) is 3. The summed E-state index contributed by atoms with van der Waals surface area (Å²) in [7, 11) is -0.757. The number of nitrogens with zero attached hydrogens (tertiary/aromatic N) is 1. The zero-order chi connectivity index (χ0) is 17.2. The summed E-state index contributed by atoms with van der Waals surface area (Å²) in [6.07, 6.45) is 0. The zero-order valence-corrected chi connectivity index (χ0v) is 13.2. The fraction of sp³-hybridized carbons (Fsp3) is 0.133. The first kappa shape index (κ1) is 17.0. The van der Waals surface area contributed by atoms with Gasteiger partial charge in [-0.05, 0) is 36.4 Å². The molecule has 0 aliphatic rings. The second-order valence-electron chi connectivity index (χ2n) is 4.89. The number of benzene rings is 2. The molecule has 1 amide bonds. The number of amides is 1. The standard InChI is InChI=1S/C15H14F2N2O3S/c1-19(2)23(21,22)12-6-4-11(5-7-12)18-15(20)13-8-3-10(16)9-14(13)17/h3-9H,1-2H3,(H,18,20). The number of rotatable bonds is 4. The first-order chi connectivity index (χ1) is 10.7. The summed E-state index contributed by atoms with van der Waals surface area (Å²) < 4.78 is 51.3. The van der Waals surface area contributed by atoms with Gasteiger partial charge in [0.05, 0.1) is 10.5 Å². The average Bonchev–Trinajstić information content (AvgIpc) is 2.47. The number of carbonyl (C=O) groups is 1. The molecule has 0 radical (unpaired) electrons. The van der Waals surface area contributed by atoms with Crippen molar-refractivity contribution in [2.45, 2.75) is 4.90 Å². The minimum absolute atomic E-state index is 0.0634. The number of nitrogens with one attached hydrogen (secondary N) is 1. The maximum atomic E-state index is 13.5. The van der Waals surface area contributed by atoms with Crippen LogP contribution in [0.4, 0.5) is 14.5 Å². The predicted octanol–water partition coefficient (Wildman–Crippen LogP) is 2.47. The van der Waals surface area contributed by atoms with E-state index in [-0.39, 0.29) is 16.1 Å². The van der Waals surface area contributed by atoms with Gasteiger partial charge in [-0.2, -0.15) is 0 Å². The van der Waals surface area contributed by atoms with Crippen molar-refractivity contribution in [2.24, 2.45) is 0 Å². The predicted molar refractivity (Wildman–Crippen MR) is 81.6 cm³/mol. The summed E-state index contributed by atoms with van der Waals surface area (Å²) in [5.41, 5.74) is -0.0205. The van der Waals surface area contributed by atoms with E-state index in [2.05, 4.69) is 5.32 Å². The van der Waals surface area contributed by atoms with Gasteiger partial charge in [0.1, 0.15) is 11.6 Å². The van der Waals surface area contributed by atoms with E-state index in [9.17, 15) is 22.0 Å². The fourth-order valence-electron chi connectivity index (χ4n) is 1.79. The van der Waals surface area contributed by atoms with Crippen LogP contribution in [0.25, 0.3) is 0 Å². The van der Waals surface area contributed by atoms with Crippen molar-refractivity contribution >= 4 is 21.6 Å². The van der Waals surface area contributed by atoms with Crippen LogP contribution in [0.5, 0.6) is 0 Å². The Labute approximate surface area is 132 Å². The number of halogens is 2. The van der Waals surface area contributed by atoms with Gasteiger partial charge in [-0.15, -0.1) is 0 Å². The SMILES string of the molecule is CN(C)S(=O)(=O)c1ccc(NC(=O)c2ccc(F)cc2F)cc1. The van der Waals surface area contributed by atoms with Crippen LogP contribution in [-0.2, 0) is 10.0 Å². The Bertz CT molecular complexity index is 834. The quantitative estimate of drug-likeness (QED) is 0.930. The second-order valence-corrected chi connectivity index (χ2v) is 7.04. The van der Waals surface area contributed by atoms with Crippen molar-refractivity contribution in [3.8, 4) is 0 Å². The van der Waals surface area contributed by atoms with E-state index in [0.717, 1.165) is 16.4 Å². The van der Waals surface area contributed by atoms with Gasteiger partial charge >= 0.3 is 0 Å². The molecule has 2 aromatic rings. The van der Waals surface area contributed by atoms with Gasteiger partial charge in [0, 0.05) is 25.8 Å². The van der Waals surface area contributed by atoms with Crippen LogP contribution >= 0.6 is 0 Å². The molecule has 0 fully saturated rings. The Morgan fingerprint density at radius 2 is 1.65 bits per heavy atom. The van der Waals surface area contributed by atoms with Crippen LogP contribution in [0, 0.1) is 11.6 Å². The summed E-state index contributed by atoms with van der Waals surface area (Å²) in [5.74, 6) is -2.52. The molecular weight excluding hydrogens is 326 g/mol. The van der Waals surface area contributed by atoms with Crippen LogP contribution in [0.3, 0.4) is 0 Å². The summed E-state index contributed by atoms with van der Waals surface area (Å²) in [6.45, 7) is 0. The Morgan fingerprint density at radius 1 is 1.04 bits per heavy atom. The first-order valence-corrected chi connectivity index (χ1v) is 7.95. The van der Waals surface area contributed by atoms with E-state index in [0.29, 0.717) is 6.07 Å². The highest BCUT2D eigenvalue weighted by Gasteiger charge is 2.17. The molecule has 122 valence electrons. The van der Waals surface area contributed by atoms with E-state index < -0.39 is 27.6 Å². The van der Waals surface area contributed by atoms with Crippen LogP contribution < -0.4 is 5.32 Å². The van der Waals surface area contributed by atoms with Gasteiger partial charge in [0.25, 0.3) is 5.91 Å². The molecule has 0 heterocycles. The molecular formula is C15H14F2N2O3S. The highest BCUT2D eigenvalue weighted by molar-refractivity contribution is 7.89. The Morgan fingerprint density at radius 3 is 2.17 bits per heavy atom. The van der Waals surface area contributed by atoms with E-state index in [4.69, 9.17) is 0 Å². The summed E-state index contributed by atoms with van der Waals surface area (Å²) in [5, 5.41) is 2.42. The molecule has 2 aromatic carbocycles. The monoisotopic (exact) mass is 340 g/mol. The van der Waals surface area contributed by atoms with Crippen molar-refractivity contribution in [1.29, 1.82) is 0 Å². The van der Waals surface area contributed by atoms with Gasteiger partial charge < -0.3 is 5.32 Å². The third kappa shape index (κ3) is 3.72. The van der Waals surface area contributed by atoms with Crippen molar-refractivity contribution in [2.75, 3.05) is 19.4 Å². The molecule has 0 aromatic heterocycles. The molecule has 2 rings (SSSR count). The third-order valence-electron chi connectivity index (χ3n) is 3.07. The van der Waals surface area contributed by atoms with E-state index in [1.807, 2.05) is 0 Å². The van der Waals surface area contributed by atoms with Gasteiger partial charge in [0.15, 0.2) is 0 Å². The largest absolute Gasteiger partial charge is 0.322 e. The Kier molecular flexibility index (Phi) is 4.76. The Hall–Kier alpha value is -2.32. The molecule has 0 saturated heterocycles. The first-order valence-electron chi connectivity index (χ1n) is 6.51. The van der Waals surface area contributed by atoms with Crippen molar-refractivity contribution < 1.29 is 22.0 Å². The maximum Gasteiger partial charge on any atom is 0.258 e. The maximum absolute atomic E-state index is 13.5. The fourth-order valence-corrected chi connectivity index (χ4v) is 2.69. The zero-order valence-electron chi connectivity index (χ0n) is 12.4. The van der Waals surface area contributed by atoms with Crippen LogP contribution in [0.15, 0.2) is 47.4 Å². The number of carbonyl (C=O) groups excluding carboxylic acids is 1.